The number of hydrogen-bond donors (Lipinski definition) is 1. The molecule has 20 heavy (non-hydrogen) atoms. The van der Waals surface area contributed by atoms with Gasteiger partial charge >= 0.3 is 0 Å². The van der Waals surface area contributed by atoms with E-state index in [9.17, 15) is 0 Å². The van der Waals surface area contributed by atoms with Crippen LogP contribution in [0.1, 0.15) is 48.0 Å². The first-order chi connectivity index (χ1) is 9.48. The monoisotopic (exact) mass is 350 g/mol. The maximum atomic E-state index is 6.68. The molecule has 2 nitrogen and oxygen atoms in total. The third-order valence-corrected chi connectivity index (χ3v) is 5.63. The molecule has 1 heterocycles. The van der Waals surface area contributed by atoms with E-state index in [1.54, 1.807) is 11.3 Å². The molecule has 1 unspecified atom stereocenters. The Bertz CT molecular complexity index is 635. The van der Waals surface area contributed by atoms with Crippen molar-refractivity contribution in [1.82, 2.24) is 4.98 Å². The molecule has 1 aliphatic carbocycles. The van der Waals surface area contributed by atoms with Gasteiger partial charge in [-0.15, -0.1) is 11.3 Å². The summed E-state index contributed by atoms with van der Waals surface area (Å²) in [5.41, 5.74) is 10.3. The van der Waals surface area contributed by atoms with Gasteiger partial charge in [0.05, 0.1) is 11.2 Å². The van der Waals surface area contributed by atoms with Gasteiger partial charge in [0, 0.05) is 9.85 Å². The summed E-state index contributed by atoms with van der Waals surface area (Å²) < 4.78 is 1.15. The number of aryl methyl sites for hydroxylation is 1. The molecular weight excluding hydrogens is 332 g/mol. The summed E-state index contributed by atoms with van der Waals surface area (Å²) in [4.78, 5) is 4.78. The minimum Gasteiger partial charge on any atom is -0.319 e. The lowest BCUT2D eigenvalue weighted by Crippen LogP contribution is -2.42. The van der Waals surface area contributed by atoms with E-state index in [1.165, 1.54) is 11.1 Å². The number of nitrogens with two attached hydrogens (primary N) is 1. The molecule has 0 bridgehead atoms. The van der Waals surface area contributed by atoms with E-state index in [0.29, 0.717) is 5.92 Å². The van der Waals surface area contributed by atoms with Gasteiger partial charge in [-0.05, 0) is 48.4 Å². The van der Waals surface area contributed by atoms with Gasteiger partial charge in [-0.25, -0.2) is 4.98 Å². The second-order valence-electron chi connectivity index (χ2n) is 5.98. The normalized spacial score (nSPS) is 22.1. The largest absolute Gasteiger partial charge is 0.319 e. The Kier molecular flexibility index (Phi) is 3.73. The summed E-state index contributed by atoms with van der Waals surface area (Å²) in [7, 11) is 0. The Hall–Kier alpha value is -0.710. The number of rotatable bonds is 2. The third kappa shape index (κ3) is 2.57. The Morgan fingerprint density at radius 1 is 1.35 bits per heavy atom. The van der Waals surface area contributed by atoms with Crippen LogP contribution in [0.25, 0.3) is 0 Å². The molecule has 1 aliphatic rings. The molecule has 0 fully saturated rings. The van der Waals surface area contributed by atoms with Crippen molar-refractivity contribution in [3.63, 3.8) is 0 Å². The fourth-order valence-electron chi connectivity index (χ4n) is 2.75. The Balaban J connectivity index is 1.92. The van der Waals surface area contributed by atoms with E-state index < -0.39 is 0 Å². The van der Waals surface area contributed by atoms with Crippen molar-refractivity contribution in [1.29, 1.82) is 0 Å². The van der Waals surface area contributed by atoms with Gasteiger partial charge in [0.25, 0.3) is 0 Å². The molecule has 2 N–H and O–H groups in total. The van der Waals surface area contributed by atoms with Crippen molar-refractivity contribution < 1.29 is 0 Å². The van der Waals surface area contributed by atoms with Gasteiger partial charge in [-0.2, -0.15) is 0 Å². The van der Waals surface area contributed by atoms with Gasteiger partial charge in [0.1, 0.15) is 5.01 Å². The average molecular weight is 351 g/mol. The molecule has 0 saturated carbocycles. The quantitative estimate of drug-likeness (QED) is 0.873. The molecule has 106 valence electrons. The van der Waals surface area contributed by atoms with E-state index in [2.05, 4.69) is 53.4 Å². The molecule has 1 aromatic carbocycles. The van der Waals surface area contributed by atoms with Gasteiger partial charge in [0.15, 0.2) is 0 Å². The van der Waals surface area contributed by atoms with Crippen molar-refractivity contribution >= 4 is 27.3 Å². The Morgan fingerprint density at radius 3 is 2.85 bits per heavy atom. The highest BCUT2D eigenvalue weighted by Crippen LogP contribution is 2.37. The molecule has 4 heteroatoms. The number of hydrogen-bond acceptors (Lipinski definition) is 3. The zero-order valence-corrected chi connectivity index (χ0v) is 14.2. The van der Waals surface area contributed by atoms with Crippen LogP contribution in [0.4, 0.5) is 0 Å². The van der Waals surface area contributed by atoms with Crippen molar-refractivity contribution in [3.8, 4) is 0 Å². The summed E-state index contributed by atoms with van der Waals surface area (Å²) in [5, 5.41) is 3.25. The Morgan fingerprint density at radius 2 is 2.15 bits per heavy atom. The predicted octanol–water partition coefficient (Wildman–Crippen LogP) is 4.37. The molecule has 1 atom stereocenters. The molecule has 3 rings (SSSR count). The third-order valence-electron chi connectivity index (χ3n) is 4.05. The second-order valence-corrected chi connectivity index (χ2v) is 7.75. The molecule has 0 saturated heterocycles. The van der Waals surface area contributed by atoms with Crippen LogP contribution in [0.5, 0.6) is 0 Å². The standard InChI is InChI=1S/C16H19BrN2S/c1-10(2)14-9-20-15(19-14)16(18)6-5-11-7-13(17)4-3-12(11)8-16/h3-4,7,9-10H,5-6,8,18H2,1-2H3. The molecule has 0 aliphatic heterocycles. The highest BCUT2D eigenvalue weighted by molar-refractivity contribution is 9.10. The highest BCUT2D eigenvalue weighted by Gasteiger charge is 2.35. The van der Waals surface area contributed by atoms with Crippen molar-refractivity contribution in [2.24, 2.45) is 5.73 Å². The maximum absolute atomic E-state index is 6.68. The lowest BCUT2D eigenvalue weighted by atomic mass is 9.79. The zero-order valence-electron chi connectivity index (χ0n) is 11.8. The number of benzene rings is 1. The molecule has 0 spiro atoms. The number of nitrogens with zero attached hydrogens (tertiary/aromatic N) is 1. The van der Waals surface area contributed by atoms with Gasteiger partial charge < -0.3 is 5.73 Å². The highest BCUT2D eigenvalue weighted by atomic mass is 79.9. The van der Waals surface area contributed by atoms with E-state index in [-0.39, 0.29) is 5.54 Å². The summed E-state index contributed by atoms with van der Waals surface area (Å²) in [6.07, 6.45) is 2.89. The van der Waals surface area contributed by atoms with E-state index in [0.717, 1.165) is 34.4 Å². The average Bonchev–Trinajstić information content (AvgIpc) is 2.90. The van der Waals surface area contributed by atoms with Crippen LogP contribution in [0, 0.1) is 0 Å². The summed E-state index contributed by atoms with van der Waals surface area (Å²) in [6.45, 7) is 4.35. The first-order valence-corrected chi connectivity index (χ1v) is 8.67. The first kappa shape index (κ1) is 14.2. The summed E-state index contributed by atoms with van der Waals surface area (Å²) in [6, 6.07) is 6.51. The van der Waals surface area contributed by atoms with Crippen LogP contribution in [0.2, 0.25) is 0 Å². The predicted molar refractivity (Wildman–Crippen MR) is 88.2 cm³/mol. The number of thiazole rings is 1. The SMILES string of the molecule is CC(C)c1csc(C2(N)CCc3cc(Br)ccc3C2)n1. The molecule has 1 aromatic heterocycles. The minimum absolute atomic E-state index is 0.293. The number of aromatic nitrogens is 1. The van der Waals surface area contributed by atoms with Crippen LogP contribution >= 0.6 is 27.3 Å². The number of fused-ring (bicyclic) bond motifs is 1. The molecule has 2 aromatic rings. The van der Waals surface area contributed by atoms with Crippen LogP contribution in [0.15, 0.2) is 28.1 Å². The maximum Gasteiger partial charge on any atom is 0.113 e. The van der Waals surface area contributed by atoms with Gasteiger partial charge in [0.2, 0.25) is 0 Å². The lowest BCUT2D eigenvalue weighted by Gasteiger charge is -2.33. The Labute approximate surface area is 132 Å². The van der Waals surface area contributed by atoms with Gasteiger partial charge in [-0.1, -0.05) is 35.8 Å². The van der Waals surface area contributed by atoms with E-state index >= 15 is 0 Å². The van der Waals surface area contributed by atoms with Crippen LogP contribution in [0.3, 0.4) is 0 Å². The molecular formula is C16H19BrN2S. The smallest absolute Gasteiger partial charge is 0.113 e. The van der Waals surface area contributed by atoms with E-state index in [4.69, 9.17) is 10.7 Å². The summed E-state index contributed by atoms with van der Waals surface area (Å²) in [5.74, 6) is 0.468. The minimum atomic E-state index is -0.293. The van der Waals surface area contributed by atoms with Crippen LogP contribution in [-0.4, -0.2) is 4.98 Å². The molecule has 0 radical (unpaired) electrons. The number of halogens is 1. The fraction of sp³-hybridized carbons (Fsp3) is 0.438. The van der Waals surface area contributed by atoms with Crippen LogP contribution in [-0.2, 0) is 18.4 Å². The van der Waals surface area contributed by atoms with E-state index in [1.807, 2.05) is 0 Å². The van der Waals surface area contributed by atoms with Crippen LogP contribution < -0.4 is 5.73 Å². The topological polar surface area (TPSA) is 38.9 Å². The van der Waals surface area contributed by atoms with Gasteiger partial charge in [-0.3, -0.25) is 0 Å². The lowest BCUT2D eigenvalue weighted by molar-refractivity contribution is 0.382. The zero-order chi connectivity index (χ0) is 14.3. The van der Waals surface area contributed by atoms with Crippen molar-refractivity contribution in [3.05, 3.63) is 49.9 Å². The summed E-state index contributed by atoms with van der Waals surface area (Å²) >= 11 is 5.26. The first-order valence-electron chi connectivity index (χ1n) is 7.00. The second kappa shape index (κ2) is 5.24. The van der Waals surface area contributed by atoms with Crippen molar-refractivity contribution in [2.75, 3.05) is 0 Å². The van der Waals surface area contributed by atoms with Crippen molar-refractivity contribution in [2.45, 2.75) is 44.6 Å². The fourth-order valence-corrected chi connectivity index (χ4v) is 4.28. The molecule has 0 amide bonds.